The van der Waals surface area contributed by atoms with Gasteiger partial charge in [0.2, 0.25) is 0 Å². The van der Waals surface area contributed by atoms with E-state index in [1.54, 1.807) is 30.1 Å². The zero-order valence-corrected chi connectivity index (χ0v) is 25.7. The molecular weight excluding hydrogens is 585 g/mol. The van der Waals surface area contributed by atoms with Crippen molar-refractivity contribution in [3.8, 4) is 34.1 Å². The fourth-order valence-electron chi connectivity index (χ4n) is 4.74. The molecule has 5 aromatic rings. The molecule has 0 aliphatic carbocycles. The summed E-state index contributed by atoms with van der Waals surface area (Å²) in [7, 11) is 7.10. The van der Waals surface area contributed by atoms with Crippen molar-refractivity contribution in [2.75, 3.05) is 41.4 Å². The number of nitrogens with one attached hydrogen (secondary N) is 1. The summed E-state index contributed by atoms with van der Waals surface area (Å²) in [6.45, 7) is 1.56. The average Bonchev–Trinajstić information content (AvgIpc) is 3.41. The van der Waals surface area contributed by atoms with Crippen molar-refractivity contribution in [2.24, 2.45) is 0 Å². The van der Waals surface area contributed by atoms with Gasteiger partial charge in [-0.25, -0.2) is 14.1 Å². The minimum Gasteiger partial charge on any atom is -0.497 e. The number of hydrogen-bond acceptors (Lipinski definition) is 7. The number of carbonyl (C=O) groups excluding carboxylic acids is 1. The van der Waals surface area contributed by atoms with Gasteiger partial charge in [0, 0.05) is 30.4 Å². The van der Waals surface area contributed by atoms with Crippen LogP contribution in [0.2, 0.25) is 5.15 Å². The molecule has 0 bridgehead atoms. The Morgan fingerprint density at radius 2 is 1.75 bits per heavy atom. The van der Waals surface area contributed by atoms with E-state index in [1.165, 1.54) is 13.2 Å². The predicted molar refractivity (Wildman–Crippen MR) is 169 cm³/mol. The number of pyridine rings is 1. The fraction of sp³-hybridized carbons (Fsp3) is 0.242. The van der Waals surface area contributed by atoms with Gasteiger partial charge in [0.1, 0.15) is 23.3 Å². The van der Waals surface area contributed by atoms with Gasteiger partial charge < -0.3 is 24.4 Å². The van der Waals surface area contributed by atoms with Gasteiger partial charge in [-0.1, -0.05) is 35.9 Å². The Balaban J connectivity index is 1.38. The van der Waals surface area contributed by atoms with Gasteiger partial charge in [-0.05, 0) is 68.5 Å². The summed E-state index contributed by atoms with van der Waals surface area (Å²) in [6, 6.07) is 19.3. The first kappa shape index (κ1) is 30.8. The van der Waals surface area contributed by atoms with Crippen LogP contribution in [0.3, 0.4) is 0 Å². The second kappa shape index (κ2) is 13.7. The van der Waals surface area contributed by atoms with Gasteiger partial charge in [-0.15, -0.1) is 0 Å². The highest BCUT2D eigenvalue weighted by Gasteiger charge is 2.20. The molecule has 2 heterocycles. The minimum atomic E-state index is -0.514. The molecule has 1 amide bonds. The molecule has 5 rings (SSSR count). The zero-order chi connectivity index (χ0) is 31.2. The van der Waals surface area contributed by atoms with Crippen molar-refractivity contribution in [3.63, 3.8) is 0 Å². The molecule has 0 atom stereocenters. The molecule has 0 fully saturated rings. The first-order valence-corrected chi connectivity index (χ1v) is 14.4. The molecule has 0 radical (unpaired) electrons. The van der Waals surface area contributed by atoms with E-state index in [0.29, 0.717) is 34.4 Å². The lowest BCUT2D eigenvalue weighted by Gasteiger charge is -2.14. The fourth-order valence-corrected chi connectivity index (χ4v) is 4.89. The van der Waals surface area contributed by atoms with E-state index in [1.807, 2.05) is 62.6 Å². The van der Waals surface area contributed by atoms with Gasteiger partial charge in [0.15, 0.2) is 17.3 Å². The maximum Gasteiger partial charge on any atom is 0.272 e. The Hall–Kier alpha value is -4.67. The Bertz CT molecular complexity index is 1760. The molecule has 0 saturated heterocycles. The van der Waals surface area contributed by atoms with Crippen molar-refractivity contribution >= 4 is 28.4 Å². The summed E-state index contributed by atoms with van der Waals surface area (Å²) in [5.41, 5.74) is 3.73. The molecule has 0 aliphatic heterocycles. The predicted octanol–water partition coefficient (Wildman–Crippen LogP) is 6.16. The molecule has 0 aliphatic rings. The van der Waals surface area contributed by atoms with Gasteiger partial charge in [0.25, 0.3) is 5.91 Å². The third kappa shape index (κ3) is 6.93. The molecular formula is C33H33ClFN5O4. The molecule has 3 aromatic carbocycles. The maximum absolute atomic E-state index is 15.2. The van der Waals surface area contributed by atoms with Crippen LogP contribution in [0.15, 0.2) is 72.9 Å². The normalized spacial score (nSPS) is 11.2. The van der Waals surface area contributed by atoms with E-state index in [9.17, 15) is 4.79 Å². The molecule has 1 N–H and O–H groups in total. The number of ether oxygens (including phenoxy) is 3. The first-order valence-electron chi connectivity index (χ1n) is 14.0. The van der Waals surface area contributed by atoms with E-state index < -0.39 is 5.82 Å². The van der Waals surface area contributed by atoms with Crippen LogP contribution in [0.1, 0.15) is 22.5 Å². The third-order valence-electron chi connectivity index (χ3n) is 7.05. The van der Waals surface area contributed by atoms with Crippen LogP contribution in [-0.2, 0) is 6.61 Å². The highest BCUT2D eigenvalue weighted by Crippen LogP contribution is 2.36. The highest BCUT2D eigenvalue weighted by atomic mass is 35.5. The van der Waals surface area contributed by atoms with E-state index in [4.69, 9.17) is 25.8 Å². The number of hydrogen-bond donors (Lipinski definition) is 1. The topological polar surface area (TPSA) is 90.7 Å². The van der Waals surface area contributed by atoms with Gasteiger partial charge in [-0.2, -0.15) is 5.10 Å². The molecule has 2 aromatic heterocycles. The van der Waals surface area contributed by atoms with Gasteiger partial charge >= 0.3 is 0 Å². The number of carbonyl (C=O) groups is 1. The quantitative estimate of drug-likeness (QED) is 0.132. The number of rotatable bonds is 12. The maximum atomic E-state index is 15.2. The van der Waals surface area contributed by atoms with E-state index >= 15 is 4.39 Å². The summed E-state index contributed by atoms with van der Waals surface area (Å²) in [5.74, 6) is 0.469. The molecule has 228 valence electrons. The lowest BCUT2D eigenvalue weighted by Crippen LogP contribution is -2.27. The number of fused-ring (bicyclic) bond motifs is 1. The lowest BCUT2D eigenvalue weighted by molar-refractivity contribution is 0.0948. The SMILES string of the molecule is COc1ccc(COc2cc(OC)c(-c3ccc(-n4nc(C(=O)NCCCN(C)C)c5cnc(Cl)cc54)cc3)cc2F)cc1. The Kier molecular flexibility index (Phi) is 9.62. The van der Waals surface area contributed by atoms with Crippen molar-refractivity contribution in [3.05, 3.63) is 95.2 Å². The molecule has 9 nitrogen and oxygen atoms in total. The van der Waals surface area contributed by atoms with E-state index in [0.717, 1.165) is 29.8 Å². The van der Waals surface area contributed by atoms with Crippen LogP contribution >= 0.6 is 11.6 Å². The third-order valence-corrected chi connectivity index (χ3v) is 7.25. The number of benzene rings is 3. The molecule has 44 heavy (non-hydrogen) atoms. The average molecular weight is 618 g/mol. The van der Waals surface area contributed by atoms with Crippen molar-refractivity contribution < 1.29 is 23.4 Å². The number of methoxy groups -OCH3 is 2. The number of halogens is 2. The van der Waals surface area contributed by atoms with Crippen LogP contribution < -0.4 is 19.5 Å². The molecule has 11 heteroatoms. The van der Waals surface area contributed by atoms with E-state index in [2.05, 4.69) is 20.3 Å². The van der Waals surface area contributed by atoms with Crippen molar-refractivity contribution in [1.29, 1.82) is 0 Å². The number of amides is 1. The monoisotopic (exact) mass is 617 g/mol. The minimum absolute atomic E-state index is 0.0825. The Morgan fingerprint density at radius 1 is 1.00 bits per heavy atom. The number of aromatic nitrogens is 3. The molecule has 0 spiro atoms. The molecule has 0 saturated carbocycles. The summed E-state index contributed by atoms with van der Waals surface area (Å²) in [6.07, 6.45) is 2.36. The smallest absolute Gasteiger partial charge is 0.272 e. The highest BCUT2D eigenvalue weighted by molar-refractivity contribution is 6.30. The van der Waals surface area contributed by atoms with Gasteiger partial charge in [0.05, 0.1) is 30.8 Å². The van der Waals surface area contributed by atoms with Crippen molar-refractivity contribution in [1.82, 2.24) is 25.0 Å². The van der Waals surface area contributed by atoms with Crippen LogP contribution in [0.5, 0.6) is 17.2 Å². The largest absolute Gasteiger partial charge is 0.497 e. The summed E-state index contributed by atoms with van der Waals surface area (Å²) in [5, 5.41) is 8.41. The zero-order valence-electron chi connectivity index (χ0n) is 24.9. The van der Waals surface area contributed by atoms with Gasteiger partial charge in [-0.3, -0.25) is 4.79 Å². The summed E-state index contributed by atoms with van der Waals surface area (Å²) < 4.78 is 33.4. The molecule has 0 unspecified atom stereocenters. The van der Waals surface area contributed by atoms with Crippen LogP contribution in [0, 0.1) is 5.82 Å². The second-order valence-corrected chi connectivity index (χ2v) is 10.8. The number of nitrogens with zero attached hydrogens (tertiary/aromatic N) is 4. The second-order valence-electron chi connectivity index (χ2n) is 10.4. The first-order chi connectivity index (χ1) is 21.3. The van der Waals surface area contributed by atoms with Crippen molar-refractivity contribution in [2.45, 2.75) is 13.0 Å². The van der Waals surface area contributed by atoms with Crippen LogP contribution in [0.25, 0.3) is 27.7 Å². The van der Waals surface area contributed by atoms with Crippen LogP contribution in [0.4, 0.5) is 4.39 Å². The van der Waals surface area contributed by atoms with Crippen LogP contribution in [-0.4, -0.2) is 67.0 Å². The standard InChI is InChI=1S/C33H33ClFN5O4/c1-39(2)15-5-14-36-33(41)32-26-19-37-31(34)17-28(26)40(38-32)23-10-8-22(9-11-23)25-16-27(35)30(18-29(25)43-4)44-20-21-6-12-24(42-3)13-7-21/h6-13,16-19H,5,14-15,20H2,1-4H3,(H,36,41). The summed E-state index contributed by atoms with van der Waals surface area (Å²) >= 11 is 6.21. The lowest BCUT2D eigenvalue weighted by atomic mass is 10.0. The Labute approximate surface area is 260 Å². The summed E-state index contributed by atoms with van der Waals surface area (Å²) in [4.78, 5) is 19.3. The Morgan fingerprint density at radius 3 is 2.43 bits per heavy atom. The van der Waals surface area contributed by atoms with E-state index in [-0.39, 0.29) is 29.1 Å².